The Bertz CT molecular complexity index is 833. The molecule has 1 saturated carbocycles. The third-order valence-electron chi connectivity index (χ3n) is 4.89. The average Bonchev–Trinajstić information content (AvgIpc) is 3.14. The van der Waals surface area contributed by atoms with E-state index in [1.165, 1.54) is 0 Å². The second-order valence-corrected chi connectivity index (χ2v) is 8.11. The van der Waals surface area contributed by atoms with Crippen molar-refractivity contribution in [2.24, 2.45) is 0 Å². The number of amides is 2. The minimum atomic E-state index is -0.317. The van der Waals surface area contributed by atoms with Crippen LogP contribution in [0.3, 0.4) is 0 Å². The van der Waals surface area contributed by atoms with E-state index in [0.29, 0.717) is 0 Å². The molecule has 27 heavy (non-hydrogen) atoms. The van der Waals surface area contributed by atoms with Crippen LogP contribution in [0.15, 0.2) is 42.5 Å². The van der Waals surface area contributed by atoms with Crippen LogP contribution in [0.2, 0.25) is 0 Å². The maximum absolute atomic E-state index is 12.7. The van der Waals surface area contributed by atoms with Gasteiger partial charge >= 0.3 is 0 Å². The van der Waals surface area contributed by atoms with E-state index in [-0.39, 0.29) is 34.7 Å². The van der Waals surface area contributed by atoms with Gasteiger partial charge in [0.1, 0.15) is 11.4 Å². The van der Waals surface area contributed by atoms with Crippen molar-refractivity contribution in [3.63, 3.8) is 0 Å². The zero-order valence-electron chi connectivity index (χ0n) is 16.2. The van der Waals surface area contributed by atoms with Crippen molar-refractivity contribution in [2.75, 3.05) is 5.32 Å². The molecule has 0 spiro atoms. The Balaban J connectivity index is 1.75. The van der Waals surface area contributed by atoms with Crippen molar-refractivity contribution in [1.29, 1.82) is 0 Å². The second kappa shape index (κ2) is 7.91. The number of benzene rings is 1. The Morgan fingerprint density at radius 1 is 0.926 bits per heavy atom. The van der Waals surface area contributed by atoms with E-state index >= 15 is 0 Å². The van der Waals surface area contributed by atoms with Crippen LogP contribution in [0, 0.1) is 0 Å². The summed E-state index contributed by atoms with van der Waals surface area (Å²) in [5.74, 6) is -0.533. The molecular formula is C22H27N3O2. The molecule has 142 valence electrons. The molecular weight excluding hydrogens is 338 g/mol. The minimum Gasteiger partial charge on any atom is -0.348 e. The van der Waals surface area contributed by atoms with Crippen molar-refractivity contribution in [3.8, 4) is 0 Å². The van der Waals surface area contributed by atoms with Crippen molar-refractivity contribution in [2.45, 2.75) is 57.9 Å². The second-order valence-electron chi connectivity index (χ2n) is 8.11. The fraction of sp³-hybridized carbons (Fsp3) is 0.409. The van der Waals surface area contributed by atoms with E-state index in [9.17, 15) is 9.59 Å². The van der Waals surface area contributed by atoms with Gasteiger partial charge in [-0.2, -0.15) is 0 Å². The van der Waals surface area contributed by atoms with Gasteiger partial charge in [-0.25, -0.2) is 4.98 Å². The summed E-state index contributed by atoms with van der Waals surface area (Å²) in [5, 5.41) is 5.95. The quantitative estimate of drug-likeness (QED) is 0.848. The Hall–Kier alpha value is -2.69. The highest BCUT2D eigenvalue weighted by Gasteiger charge is 2.21. The number of anilines is 1. The molecule has 1 aromatic heterocycles. The standard InChI is InChI=1S/C22H27N3O2/c1-22(2,3)16-11-6-7-12-17(16)25-21(27)19-14-8-13-18(24-19)20(26)23-15-9-4-5-10-15/h6-8,11-15H,4-5,9-10H2,1-3H3,(H,23,26)(H,25,27). The van der Waals surface area contributed by atoms with Crippen LogP contribution in [0.5, 0.6) is 0 Å². The maximum atomic E-state index is 12.7. The fourth-order valence-electron chi connectivity index (χ4n) is 3.45. The van der Waals surface area contributed by atoms with Gasteiger partial charge in [0.2, 0.25) is 0 Å². The maximum Gasteiger partial charge on any atom is 0.274 e. The predicted octanol–water partition coefficient (Wildman–Crippen LogP) is 4.30. The third-order valence-corrected chi connectivity index (χ3v) is 4.89. The first-order chi connectivity index (χ1) is 12.8. The van der Waals surface area contributed by atoms with Crippen LogP contribution >= 0.6 is 0 Å². The number of hydrogen-bond acceptors (Lipinski definition) is 3. The lowest BCUT2D eigenvalue weighted by atomic mass is 9.86. The zero-order chi connectivity index (χ0) is 19.4. The molecule has 2 amide bonds. The number of rotatable bonds is 4. The van der Waals surface area contributed by atoms with Crippen LogP contribution < -0.4 is 10.6 Å². The van der Waals surface area contributed by atoms with Crippen LogP contribution in [0.4, 0.5) is 5.69 Å². The fourth-order valence-corrected chi connectivity index (χ4v) is 3.45. The molecule has 1 aromatic carbocycles. The number of nitrogens with zero attached hydrogens (tertiary/aromatic N) is 1. The number of hydrogen-bond donors (Lipinski definition) is 2. The Morgan fingerprint density at radius 3 is 2.22 bits per heavy atom. The van der Waals surface area contributed by atoms with E-state index in [4.69, 9.17) is 0 Å². The van der Waals surface area contributed by atoms with Crippen LogP contribution in [-0.2, 0) is 5.41 Å². The molecule has 2 aromatic rings. The molecule has 0 aliphatic heterocycles. The summed E-state index contributed by atoms with van der Waals surface area (Å²) in [5.41, 5.74) is 2.22. The van der Waals surface area contributed by atoms with Crippen LogP contribution in [0.25, 0.3) is 0 Å². The summed E-state index contributed by atoms with van der Waals surface area (Å²) < 4.78 is 0. The lowest BCUT2D eigenvalue weighted by Gasteiger charge is -2.23. The Labute approximate surface area is 160 Å². The van der Waals surface area contributed by atoms with Gasteiger partial charge in [-0.3, -0.25) is 9.59 Å². The van der Waals surface area contributed by atoms with Gasteiger partial charge in [0.15, 0.2) is 0 Å². The number of aromatic nitrogens is 1. The van der Waals surface area contributed by atoms with Gasteiger partial charge in [0.05, 0.1) is 0 Å². The average molecular weight is 365 g/mol. The summed E-state index contributed by atoms with van der Waals surface area (Å²) in [6.45, 7) is 6.30. The summed E-state index contributed by atoms with van der Waals surface area (Å²) in [6, 6.07) is 12.9. The molecule has 5 heteroatoms. The largest absolute Gasteiger partial charge is 0.348 e. The summed E-state index contributed by atoms with van der Waals surface area (Å²) in [7, 11) is 0. The molecule has 2 N–H and O–H groups in total. The van der Waals surface area contributed by atoms with Gasteiger partial charge < -0.3 is 10.6 Å². The third kappa shape index (κ3) is 4.73. The molecule has 3 rings (SSSR count). The van der Waals surface area contributed by atoms with Crippen molar-refractivity contribution in [3.05, 3.63) is 59.4 Å². The van der Waals surface area contributed by atoms with Gasteiger partial charge in [-0.1, -0.05) is 57.9 Å². The SMILES string of the molecule is CC(C)(C)c1ccccc1NC(=O)c1cccc(C(=O)NC2CCCC2)n1. The lowest BCUT2D eigenvalue weighted by Crippen LogP contribution is -2.33. The molecule has 0 radical (unpaired) electrons. The van der Waals surface area contributed by atoms with Crippen molar-refractivity contribution >= 4 is 17.5 Å². The van der Waals surface area contributed by atoms with E-state index < -0.39 is 0 Å². The first-order valence-corrected chi connectivity index (χ1v) is 9.53. The van der Waals surface area contributed by atoms with E-state index in [1.54, 1.807) is 18.2 Å². The summed E-state index contributed by atoms with van der Waals surface area (Å²) in [6.07, 6.45) is 4.31. The first kappa shape index (κ1) is 19.1. The van der Waals surface area contributed by atoms with Gasteiger partial charge in [-0.05, 0) is 42.0 Å². The highest BCUT2D eigenvalue weighted by atomic mass is 16.2. The summed E-state index contributed by atoms with van der Waals surface area (Å²) in [4.78, 5) is 29.4. The molecule has 5 nitrogen and oxygen atoms in total. The Kier molecular flexibility index (Phi) is 5.59. The van der Waals surface area contributed by atoms with Crippen LogP contribution in [-0.4, -0.2) is 22.8 Å². The van der Waals surface area contributed by atoms with Gasteiger partial charge in [0.25, 0.3) is 11.8 Å². The molecule has 1 aliphatic rings. The molecule has 1 heterocycles. The predicted molar refractivity (Wildman–Crippen MR) is 107 cm³/mol. The first-order valence-electron chi connectivity index (χ1n) is 9.53. The molecule has 1 fully saturated rings. The minimum absolute atomic E-state index is 0.0969. The normalized spacial score (nSPS) is 14.8. The smallest absolute Gasteiger partial charge is 0.274 e. The lowest BCUT2D eigenvalue weighted by molar-refractivity contribution is 0.0932. The highest BCUT2D eigenvalue weighted by Crippen LogP contribution is 2.29. The van der Waals surface area contributed by atoms with E-state index in [0.717, 1.165) is 36.9 Å². The highest BCUT2D eigenvalue weighted by molar-refractivity contribution is 6.04. The number of carbonyl (C=O) groups is 2. The van der Waals surface area contributed by atoms with Crippen molar-refractivity contribution in [1.82, 2.24) is 10.3 Å². The molecule has 1 aliphatic carbocycles. The molecule has 0 bridgehead atoms. The number of para-hydroxylation sites is 1. The number of nitrogens with one attached hydrogen (secondary N) is 2. The van der Waals surface area contributed by atoms with E-state index in [1.807, 2.05) is 24.3 Å². The van der Waals surface area contributed by atoms with Crippen LogP contribution in [0.1, 0.15) is 73.0 Å². The monoisotopic (exact) mass is 365 g/mol. The number of pyridine rings is 1. The van der Waals surface area contributed by atoms with E-state index in [2.05, 4.69) is 36.4 Å². The zero-order valence-corrected chi connectivity index (χ0v) is 16.2. The molecule has 0 unspecified atom stereocenters. The topological polar surface area (TPSA) is 71.1 Å². The van der Waals surface area contributed by atoms with Gasteiger partial charge in [-0.15, -0.1) is 0 Å². The Morgan fingerprint density at radius 2 is 1.56 bits per heavy atom. The molecule has 0 atom stereocenters. The summed E-state index contributed by atoms with van der Waals surface area (Å²) >= 11 is 0. The molecule has 0 saturated heterocycles. The van der Waals surface area contributed by atoms with Gasteiger partial charge in [0, 0.05) is 11.7 Å². The number of carbonyl (C=O) groups excluding carboxylic acids is 2. The van der Waals surface area contributed by atoms with Crippen molar-refractivity contribution < 1.29 is 9.59 Å².